The molecule has 15 heavy (non-hydrogen) atoms. The summed E-state index contributed by atoms with van der Waals surface area (Å²) in [6.45, 7) is 6.33. The minimum absolute atomic E-state index is 0.234. The van der Waals surface area contributed by atoms with Crippen LogP contribution in [-0.2, 0) is 4.79 Å². The fourth-order valence-electron chi connectivity index (χ4n) is 1.14. The van der Waals surface area contributed by atoms with Crippen LogP contribution in [0.1, 0.15) is 33.6 Å². The first-order valence-electron chi connectivity index (χ1n) is 5.24. The molecular formula is C10H20N2O3. The van der Waals surface area contributed by atoms with Crippen LogP contribution >= 0.6 is 0 Å². The van der Waals surface area contributed by atoms with Gasteiger partial charge in [0.15, 0.2) is 0 Å². The molecule has 0 aromatic heterocycles. The van der Waals surface area contributed by atoms with Crippen LogP contribution in [0.3, 0.4) is 0 Å². The van der Waals surface area contributed by atoms with Gasteiger partial charge in [0.1, 0.15) is 6.04 Å². The number of aliphatic carboxylic acids is 1. The molecule has 5 nitrogen and oxygen atoms in total. The molecule has 0 fully saturated rings. The Morgan fingerprint density at radius 1 is 1.33 bits per heavy atom. The minimum atomic E-state index is -0.990. The highest BCUT2D eigenvalue weighted by atomic mass is 16.4. The number of rotatable bonds is 6. The largest absolute Gasteiger partial charge is 0.480 e. The second kappa shape index (κ2) is 7.09. The van der Waals surface area contributed by atoms with Gasteiger partial charge in [0, 0.05) is 6.54 Å². The number of hydrogen-bond acceptors (Lipinski definition) is 2. The van der Waals surface area contributed by atoms with Crippen molar-refractivity contribution in [3.8, 4) is 0 Å². The molecule has 0 spiro atoms. The van der Waals surface area contributed by atoms with Gasteiger partial charge < -0.3 is 15.7 Å². The number of carbonyl (C=O) groups excluding carboxylic acids is 1. The molecule has 2 amide bonds. The lowest BCUT2D eigenvalue weighted by Gasteiger charge is -2.16. The van der Waals surface area contributed by atoms with Gasteiger partial charge in [-0.05, 0) is 18.8 Å². The number of carboxylic acids is 1. The van der Waals surface area contributed by atoms with E-state index in [2.05, 4.69) is 10.6 Å². The van der Waals surface area contributed by atoms with E-state index < -0.39 is 18.0 Å². The lowest BCUT2D eigenvalue weighted by Crippen LogP contribution is -2.46. The van der Waals surface area contributed by atoms with Gasteiger partial charge in [-0.15, -0.1) is 0 Å². The maximum atomic E-state index is 11.2. The topological polar surface area (TPSA) is 78.4 Å². The highest BCUT2D eigenvalue weighted by Gasteiger charge is 2.20. The van der Waals surface area contributed by atoms with Gasteiger partial charge in [0.05, 0.1) is 0 Å². The molecule has 0 aromatic rings. The molecule has 0 heterocycles. The molecule has 0 rings (SSSR count). The van der Waals surface area contributed by atoms with Crippen molar-refractivity contribution in [2.24, 2.45) is 5.92 Å². The first-order chi connectivity index (χ1) is 6.97. The fraction of sp³-hybridized carbons (Fsp3) is 0.800. The zero-order valence-electron chi connectivity index (χ0n) is 9.54. The first-order valence-corrected chi connectivity index (χ1v) is 5.24. The van der Waals surface area contributed by atoms with Crippen molar-refractivity contribution in [2.75, 3.05) is 6.54 Å². The van der Waals surface area contributed by atoms with Crippen LogP contribution in [0, 0.1) is 5.92 Å². The smallest absolute Gasteiger partial charge is 0.326 e. The third-order valence-electron chi connectivity index (χ3n) is 1.85. The van der Waals surface area contributed by atoms with Crippen molar-refractivity contribution in [2.45, 2.75) is 39.7 Å². The Hall–Kier alpha value is -1.26. The van der Waals surface area contributed by atoms with Gasteiger partial charge in [-0.1, -0.05) is 20.8 Å². The molecular weight excluding hydrogens is 196 g/mol. The van der Waals surface area contributed by atoms with E-state index in [1.54, 1.807) is 0 Å². The number of urea groups is 1. The lowest BCUT2D eigenvalue weighted by atomic mass is 10.0. The number of carbonyl (C=O) groups is 2. The van der Waals surface area contributed by atoms with Crippen molar-refractivity contribution >= 4 is 12.0 Å². The second-order valence-corrected chi connectivity index (χ2v) is 3.92. The molecule has 88 valence electrons. The Balaban J connectivity index is 4.05. The summed E-state index contributed by atoms with van der Waals surface area (Å²) in [6, 6.07) is -1.22. The summed E-state index contributed by atoms with van der Waals surface area (Å²) in [5.74, 6) is -0.757. The van der Waals surface area contributed by atoms with Crippen LogP contribution in [0.25, 0.3) is 0 Å². The van der Waals surface area contributed by atoms with Gasteiger partial charge in [0.25, 0.3) is 0 Å². The van der Waals surface area contributed by atoms with Crippen LogP contribution in [0.4, 0.5) is 4.79 Å². The molecule has 5 heteroatoms. The first kappa shape index (κ1) is 13.7. The second-order valence-electron chi connectivity index (χ2n) is 3.92. The molecule has 0 aliphatic heterocycles. The zero-order valence-corrected chi connectivity index (χ0v) is 9.54. The van der Waals surface area contributed by atoms with E-state index in [0.29, 0.717) is 13.0 Å². The Labute approximate surface area is 90.2 Å². The molecule has 0 bridgehead atoms. The summed E-state index contributed by atoms with van der Waals surface area (Å²) in [5.41, 5.74) is 0. The highest BCUT2D eigenvalue weighted by molar-refractivity contribution is 5.82. The number of nitrogens with one attached hydrogen (secondary N) is 2. The van der Waals surface area contributed by atoms with E-state index in [0.717, 1.165) is 6.42 Å². The number of hydrogen-bond donors (Lipinski definition) is 3. The summed E-state index contributed by atoms with van der Waals surface area (Å²) < 4.78 is 0. The predicted molar refractivity (Wildman–Crippen MR) is 57.7 cm³/mol. The molecule has 0 saturated carbocycles. The molecule has 0 aliphatic carbocycles. The van der Waals surface area contributed by atoms with Crippen LogP contribution in [-0.4, -0.2) is 29.7 Å². The average molecular weight is 216 g/mol. The molecule has 0 saturated heterocycles. The highest BCUT2D eigenvalue weighted by Crippen LogP contribution is 2.04. The van der Waals surface area contributed by atoms with E-state index in [4.69, 9.17) is 5.11 Å². The summed E-state index contributed by atoms with van der Waals surface area (Å²) in [4.78, 5) is 22.0. The van der Waals surface area contributed by atoms with E-state index in [1.807, 2.05) is 20.8 Å². The van der Waals surface area contributed by atoms with Crippen LogP contribution in [0.5, 0.6) is 0 Å². The normalized spacial score (nSPS) is 12.3. The lowest BCUT2D eigenvalue weighted by molar-refractivity contribution is -0.139. The van der Waals surface area contributed by atoms with Crippen molar-refractivity contribution in [3.63, 3.8) is 0 Å². The Morgan fingerprint density at radius 3 is 2.33 bits per heavy atom. The maximum Gasteiger partial charge on any atom is 0.326 e. The Kier molecular flexibility index (Phi) is 6.49. The van der Waals surface area contributed by atoms with Crippen LogP contribution in [0.2, 0.25) is 0 Å². The van der Waals surface area contributed by atoms with Crippen molar-refractivity contribution in [1.82, 2.24) is 10.6 Å². The van der Waals surface area contributed by atoms with E-state index in [-0.39, 0.29) is 5.92 Å². The fourth-order valence-corrected chi connectivity index (χ4v) is 1.14. The summed E-state index contributed by atoms with van der Waals surface area (Å²) in [5, 5.41) is 13.9. The Morgan fingerprint density at radius 2 is 1.93 bits per heavy atom. The van der Waals surface area contributed by atoms with Crippen LogP contribution < -0.4 is 10.6 Å². The van der Waals surface area contributed by atoms with Gasteiger partial charge in [0.2, 0.25) is 0 Å². The maximum absolute atomic E-state index is 11.2. The quantitative estimate of drug-likeness (QED) is 0.624. The third kappa shape index (κ3) is 6.76. The molecule has 0 unspecified atom stereocenters. The van der Waals surface area contributed by atoms with Gasteiger partial charge in [-0.3, -0.25) is 0 Å². The van der Waals surface area contributed by atoms with E-state index in [9.17, 15) is 9.59 Å². The molecule has 0 radical (unpaired) electrons. The standard InChI is InChI=1S/C10H20N2O3/c1-4-5-11-10(15)12-8(9(13)14)6-7(2)3/h7-8H,4-6H2,1-3H3,(H,13,14)(H2,11,12,15)/t8-/m0/s1. The summed E-state index contributed by atoms with van der Waals surface area (Å²) >= 11 is 0. The number of carboxylic acid groups (broad SMARTS) is 1. The summed E-state index contributed by atoms with van der Waals surface area (Å²) in [7, 11) is 0. The van der Waals surface area contributed by atoms with Gasteiger partial charge in [-0.25, -0.2) is 9.59 Å². The van der Waals surface area contributed by atoms with Crippen molar-refractivity contribution in [3.05, 3.63) is 0 Å². The monoisotopic (exact) mass is 216 g/mol. The minimum Gasteiger partial charge on any atom is -0.480 e. The third-order valence-corrected chi connectivity index (χ3v) is 1.85. The van der Waals surface area contributed by atoms with E-state index >= 15 is 0 Å². The predicted octanol–water partition coefficient (Wildman–Crippen LogP) is 1.19. The van der Waals surface area contributed by atoms with Crippen molar-refractivity contribution in [1.29, 1.82) is 0 Å². The molecule has 0 aliphatic rings. The number of amides is 2. The molecule has 0 aromatic carbocycles. The van der Waals surface area contributed by atoms with Crippen molar-refractivity contribution < 1.29 is 14.7 Å². The summed E-state index contributed by atoms with van der Waals surface area (Å²) in [6.07, 6.45) is 1.27. The zero-order chi connectivity index (χ0) is 11.8. The average Bonchev–Trinajstić information content (AvgIpc) is 2.12. The van der Waals surface area contributed by atoms with Gasteiger partial charge in [-0.2, -0.15) is 0 Å². The molecule has 1 atom stereocenters. The van der Waals surface area contributed by atoms with Gasteiger partial charge >= 0.3 is 12.0 Å². The SMILES string of the molecule is CCCNC(=O)N[C@@H](CC(C)C)C(=O)O. The molecule has 3 N–H and O–H groups in total. The van der Waals surface area contributed by atoms with Crippen LogP contribution in [0.15, 0.2) is 0 Å². The van der Waals surface area contributed by atoms with E-state index in [1.165, 1.54) is 0 Å². The Bertz CT molecular complexity index is 217.